The maximum atomic E-state index is 11.6. The van der Waals surface area contributed by atoms with E-state index in [1.54, 1.807) is 18.2 Å². The molecule has 3 rings (SSSR count). The van der Waals surface area contributed by atoms with Crippen LogP contribution in [0.3, 0.4) is 0 Å². The van der Waals surface area contributed by atoms with Gasteiger partial charge in [0.05, 0.1) is 17.6 Å². The van der Waals surface area contributed by atoms with E-state index in [4.69, 9.17) is 9.52 Å². The van der Waals surface area contributed by atoms with Crippen LogP contribution in [0.25, 0.3) is 11.3 Å². The Kier molecular flexibility index (Phi) is 5.90. The first-order valence-corrected chi connectivity index (χ1v) is 9.35. The third kappa shape index (κ3) is 4.64. The van der Waals surface area contributed by atoms with Crippen LogP contribution in [0.5, 0.6) is 0 Å². The van der Waals surface area contributed by atoms with Crippen LogP contribution in [0, 0.1) is 10.1 Å². The zero-order chi connectivity index (χ0) is 20.3. The summed E-state index contributed by atoms with van der Waals surface area (Å²) in [6.07, 6.45) is 1.03. The van der Waals surface area contributed by atoms with Crippen molar-refractivity contribution in [3.63, 3.8) is 0 Å². The minimum atomic E-state index is -1.07. The lowest BCUT2D eigenvalue weighted by atomic mass is 10.1. The van der Waals surface area contributed by atoms with Crippen LogP contribution in [-0.4, -0.2) is 38.5 Å². The summed E-state index contributed by atoms with van der Waals surface area (Å²) in [6.45, 7) is 0. The molecule has 144 valence electrons. The van der Waals surface area contributed by atoms with E-state index in [0.717, 1.165) is 11.8 Å². The van der Waals surface area contributed by atoms with Crippen LogP contribution in [0.4, 0.5) is 5.69 Å². The summed E-state index contributed by atoms with van der Waals surface area (Å²) in [5, 5.41) is 29.1. The molecule has 2 heterocycles. The van der Waals surface area contributed by atoms with E-state index in [0.29, 0.717) is 21.6 Å². The Balaban J connectivity index is 1.69. The van der Waals surface area contributed by atoms with Crippen LogP contribution in [0.15, 0.2) is 49.4 Å². The lowest BCUT2D eigenvalue weighted by Crippen LogP contribution is -2.26. The molecule has 0 unspecified atom stereocenters. The molecule has 1 fully saturated rings. The van der Waals surface area contributed by atoms with Crippen molar-refractivity contribution in [3.05, 3.63) is 50.7 Å². The molecule has 12 heteroatoms. The van der Waals surface area contributed by atoms with Gasteiger partial charge in [-0.1, -0.05) is 11.8 Å². The fourth-order valence-electron chi connectivity index (χ4n) is 2.27. The van der Waals surface area contributed by atoms with Crippen LogP contribution in [-0.2, 0) is 9.59 Å². The zero-order valence-corrected chi connectivity index (χ0v) is 16.3. The lowest BCUT2D eigenvalue weighted by molar-refractivity contribution is -0.384. The van der Waals surface area contributed by atoms with Crippen LogP contribution < -0.4 is 5.32 Å². The molecule has 1 atom stereocenters. The number of non-ortho nitro benzene ring substituents is 1. The topological polar surface area (TPSA) is 147 Å². The summed E-state index contributed by atoms with van der Waals surface area (Å²) in [5.41, 5.74) is 0.587. The van der Waals surface area contributed by atoms with E-state index in [1.807, 2.05) is 0 Å². The Hall–Kier alpha value is -2.99. The Morgan fingerprint density at radius 3 is 2.89 bits per heavy atom. The van der Waals surface area contributed by atoms with E-state index in [9.17, 15) is 19.7 Å². The molecule has 2 N–H and O–H groups in total. The summed E-state index contributed by atoms with van der Waals surface area (Å²) in [4.78, 5) is 32.6. The number of aliphatic carboxylic acids is 1. The molecule has 0 spiro atoms. The van der Waals surface area contributed by atoms with Crippen molar-refractivity contribution >= 4 is 56.6 Å². The maximum Gasteiger partial charge on any atom is 0.305 e. The second-order valence-corrected chi connectivity index (χ2v) is 7.51. The predicted molar refractivity (Wildman–Crippen MR) is 105 cm³/mol. The number of hydrogen-bond donors (Lipinski definition) is 2. The fourth-order valence-corrected chi connectivity index (χ4v) is 3.75. The van der Waals surface area contributed by atoms with Crippen molar-refractivity contribution in [2.75, 3.05) is 0 Å². The Morgan fingerprint density at radius 1 is 1.43 bits per heavy atom. The number of furan rings is 1. The van der Waals surface area contributed by atoms with Gasteiger partial charge in [-0.3, -0.25) is 19.7 Å². The van der Waals surface area contributed by atoms with Gasteiger partial charge < -0.3 is 14.8 Å². The summed E-state index contributed by atoms with van der Waals surface area (Å²) in [6, 6.07) is 7.63. The van der Waals surface area contributed by atoms with Crippen molar-refractivity contribution in [1.82, 2.24) is 5.32 Å². The molecule has 1 aliphatic rings. The number of carboxylic acid groups (broad SMARTS) is 1. The molecule has 1 aromatic carbocycles. The van der Waals surface area contributed by atoms with Gasteiger partial charge in [0.25, 0.3) is 5.69 Å². The minimum Gasteiger partial charge on any atom is -0.481 e. The Morgan fingerprint density at radius 2 is 2.21 bits per heavy atom. The second-order valence-electron chi connectivity index (χ2n) is 5.47. The Labute approximate surface area is 170 Å². The number of amides is 1. The number of nitro benzene ring substituents is 1. The maximum absolute atomic E-state index is 11.6. The third-order valence-corrected chi connectivity index (χ3v) is 5.25. The number of hydrogen-bond acceptors (Lipinski definition) is 8. The van der Waals surface area contributed by atoms with Crippen molar-refractivity contribution in [2.45, 2.75) is 11.7 Å². The lowest BCUT2D eigenvalue weighted by Gasteiger charge is -2.00. The largest absolute Gasteiger partial charge is 0.481 e. The molecule has 0 saturated carbocycles. The smallest absolute Gasteiger partial charge is 0.305 e. The molecule has 0 bridgehead atoms. The van der Waals surface area contributed by atoms with E-state index in [-0.39, 0.29) is 17.3 Å². The first-order chi connectivity index (χ1) is 13.3. The van der Waals surface area contributed by atoms with Crippen molar-refractivity contribution in [2.24, 2.45) is 10.2 Å². The molecule has 1 aliphatic heterocycles. The van der Waals surface area contributed by atoms with Crippen molar-refractivity contribution < 1.29 is 24.0 Å². The molecule has 1 saturated heterocycles. The number of carbonyl (C=O) groups is 2. The van der Waals surface area contributed by atoms with Gasteiger partial charge in [-0.25, -0.2) is 0 Å². The van der Waals surface area contributed by atoms with Crippen LogP contribution >= 0.6 is 27.7 Å². The molecule has 1 aromatic heterocycles. The first-order valence-electron chi connectivity index (χ1n) is 7.68. The number of carboxylic acids is 1. The van der Waals surface area contributed by atoms with Gasteiger partial charge in [-0.05, 0) is 34.1 Å². The van der Waals surface area contributed by atoms with E-state index < -0.39 is 22.0 Å². The highest BCUT2D eigenvalue weighted by molar-refractivity contribution is 9.10. The second kappa shape index (κ2) is 8.35. The normalized spacial score (nSPS) is 18.0. The molecule has 2 aromatic rings. The summed E-state index contributed by atoms with van der Waals surface area (Å²) in [5.74, 6) is -0.649. The van der Waals surface area contributed by atoms with Gasteiger partial charge >= 0.3 is 5.97 Å². The molecule has 0 aliphatic carbocycles. The number of benzene rings is 1. The molecule has 10 nitrogen and oxygen atoms in total. The Bertz CT molecular complexity index is 1020. The summed E-state index contributed by atoms with van der Waals surface area (Å²) in [7, 11) is 0. The van der Waals surface area contributed by atoms with Crippen LogP contribution in [0.2, 0.25) is 0 Å². The molecular weight excluding hydrogens is 456 g/mol. The van der Waals surface area contributed by atoms with Gasteiger partial charge in [0, 0.05) is 22.2 Å². The average molecular weight is 467 g/mol. The highest BCUT2D eigenvalue weighted by Crippen LogP contribution is 2.32. The number of nitrogens with zero attached hydrogens (tertiary/aromatic N) is 3. The van der Waals surface area contributed by atoms with E-state index in [1.165, 1.54) is 18.3 Å². The molecule has 28 heavy (non-hydrogen) atoms. The monoisotopic (exact) mass is 466 g/mol. The third-order valence-electron chi connectivity index (χ3n) is 3.53. The number of rotatable bonds is 6. The van der Waals surface area contributed by atoms with Crippen LogP contribution in [0.1, 0.15) is 12.2 Å². The van der Waals surface area contributed by atoms with Gasteiger partial charge in [0.1, 0.15) is 16.8 Å². The summed E-state index contributed by atoms with van der Waals surface area (Å²) < 4.78 is 6.13. The predicted octanol–water partition coefficient (Wildman–Crippen LogP) is 3.01. The number of amidine groups is 1. The van der Waals surface area contributed by atoms with Gasteiger partial charge in [-0.15, -0.1) is 5.10 Å². The van der Waals surface area contributed by atoms with E-state index in [2.05, 4.69) is 31.4 Å². The van der Waals surface area contributed by atoms with Gasteiger partial charge in [0.2, 0.25) is 5.91 Å². The molecular formula is C16H11BrN4O6S. The molecule has 1 amide bonds. The SMILES string of the molecule is O=C(O)C[C@@H]1S/C(=N\N=C/c2ccc(-c3ccc([N+](=O)[O-])cc3Br)o2)NC1=O. The van der Waals surface area contributed by atoms with Crippen molar-refractivity contribution in [3.8, 4) is 11.3 Å². The number of thioether (sulfide) groups is 1. The zero-order valence-electron chi connectivity index (χ0n) is 13.9. The number of nitrogens with one attached hydrogen (secondary N) is 1. The first kappa shape index (κ1) is 19.8. The number of halogens is 1. The molecule has 0 radical (unpaired) electrons. The van der Waals surface area contributed by atoms with E-state index >= 15 is 0 Å². The van der Waals surface area contributed by atoms with Gasteiger partial charge in [-0.2, -0.15) is 5.10 Å². The minimum absolute atomic E-state index is 0.0443. The quantitative estimate of drug-likeness (QED) is 0.377. The van der Waals surface area contributed by atoms with Gasteiger partial charge in [0.15, 0.2) is 5.17 Å². The standard InChI is InChI=1S/C16H11BrN4O6S/c17-11-5-8(21(25)26)1-3-10(11)12-4-2-9(27-12)7-18-20-16-19-15(24)13(28-16)6-14(22)23/h1-5,7,13H,6H2,(H,22,23)(H,19,20,24)/b18-7-/t13-/m0/s1. The number of nitro groups is 1. The highest BCUT2D eigenvalue weighted by Gasteiger charge is 2.32. The highest BCUT2D eigenvalue weighted by atomic mass is 79.9. The summed E-state index contributed by atoms with van der Waals surface area (Å²) >= 11 is 4.28. The number of carbonyl (C=O) groups excluding carboxylic acids is 1. The van der Waals surface area contributed by atoms with Crippen molar-refractivity contribution in [1.29, 1.82) is 0 Å². The fraction of sp³-hybridized carbons (Fsp3) is 0.125. The average Bonchev–Trinajstić information content (AvgIpc) is 3.21.